The van der Waals surface area contributed by atoms with Gasteiger partial charge in [-0.2, -0.15) is 11.3 Å². The van der Waals surface area contributed by atoms with Crippen LogP contribution in [-0.2, 0) is 27.9 Å². The molecule has 0 aliphatic rings. The second-order valence-corrected chi connectivity index (χ2v) is 9.85. The second kappa shape index (κ2) is 7.75. The molecule has 1 aromatic carbocycles. The Morgan fingerprint density at radius 3 is 2.67 bits per heavy atom. The van der Waals surface area contributed by atoms with Gasteiger partial charge in [0.05, 0.1) is 11.4 Å². The summed E-state index contributed by atoms with van der Waals surface area (Å²) in [6.07, 6.45) is 3.46. The number of hydrogen-bond donors (Lipinski definition) is 0. The zero-order valence-electron chi connectivity index (χ0n) is 14.4. The number of aromatic nitrogens is 3. The highest BCUT2D eigenvalue weighted by Gasteiger charge is 2.19. The minimum absolute atomic E-state index is 0.0775. The lowest BCUT2D eigenvalue weighted by Gasteiger charge is -2.08. The fourth-order valence-electron chi connectivity index (χ4n) is 2.77. The second-order valence-electron chi connectivity index (χ2n) is 6.15. The van der Waals surface area contributed by atoms with Crippen LogP contribution >= 0.6 is 22.7 Å². The van der Waals surface area contributed by atoms with E-state index in [1.807, 2.05) is 63.3 Å². The van der Waals surface area contributed by atoms with Gasteiger partial charge in [-0.25, -0.2) is 18.4 Å². The molecule has 8 heteroatoms. The Morgan fingerprint density at radius 1 is 1.04 bits per heavy atom. The van der Waals surface area contributed by atoms with Crippen LogP contribution in [0.5, 0.6) is 0 Å². The summed E-state index contributed by atoms with van der Waals surface area (Å²) < 4.78 is 27.2. The third kappa shape index (κ3) is 4.52. The SMILES string of the molecule is O=S(=O)(Cc1csc(-c2ccsc2)n1)Cc1nccn1Cc1ccccc1. The zero-order valence-corrected chi connectivity index (χ0v) is 16.8. The predicted octanol–water partition coefficient (Wildman–Crippen LogP) is 4.23. The van der Waals surface area contributed by atoms with E-state index < -0.39 is 9.84 Å². The van der Waals surface area contributed by atoms with E-state index in [4.69, 9.17) is 0 Å². The van der Waals surface area contributed by atoms with Crippen molar-refractivity contribution in [2.75, 3.05) is 0 Å². The summed E-state index contributed by atoms with van der Waals surface area (Å²) in [4.78, 5) is 8.73. The standard InChI is InChI=1S/C19H17N3O2S3/c23-27(24,13-17-12-26-19(21-17)16-6-9-25-11-16)14-18-20-7-8-22(18)10-15-4-2-1-3-5-15/h1-9,11-12H,10,13-14H2. The van der Waals surface area contributed by atoms with E-state index >= 15 is 0 Å². The maximum Gasteiger partial charge on any atom is 0.163 e. The molecule has 0 fully saturated rings. The lowest BCUT2D eigenvalue weighted by atomic mass is 10.2. The topological polar surface area (TPSA) is 64.8 Å². The van der Waals surface area contributed by atoms with E-state index in [1.54, 1.807) is 17.5 Å². The van der Waals surface area contributed by atoms with Gasteiger partial charge in [-0.15, -0.1) is 11.3 Å². The maximum absolute atomic E-state index is 12.7. The summed E-state index contributed by atoms with van der Waals surface area (Å²) in [6.45, 7) is 0.602. The predicted molar refractivity (Wildman–Crippen MR) is 110 cm³/mol. The normalized spacial score (nSPS) is 11.7. The maximum atomic E-state index is 12.7. The lowest BCUT2D eigenvalue weighted by molar-refractivity contribution is 0.590. The Hall–Kier alpha value is -2.29. The van der Waals surface area contributed by atoms with Crippen LogP contribution in [0, 0.1) is 0 Å². The summed E-state index contributed by atoms with van der Waals surface area (Å²) in [7, 11) is -3.36. The van der Waals surface area contributed by atoms with Crippen LogP contribution in [-0.4, -0.2) is 23.0 Å². The average molecular weight is 416 g/mol. The molecule has 0 aliphatic carbocycles. The molecule has 3 aromatic heterocycles. The Morgan fingerprint density at radius 2 is 1.89 bits per heavy atom. The molecule has 0 unspecified atom stereocenters. The molecule has 5 nitrogen and oxygen atoms in total. The van der Waals surface area contributed by atoms with Gasteiger partial charge in [0.2, 0.25) is 0 Å². The highest BCUT2D eigenvalue weighted by molar-refractivity contribution is 7.89. The minimum atomic E-state index is -3.36. The Balaban J connectivity index is 1.47. The van der Waals surface area contributed by atoms with Crippen molar-refractivity contribution in [3.8, 4) is 10.6 Å². The number of sulfone groups is 1. The van der Waals surface area contributed by atoms with Gasteiger partial charge in [-0.3, -0.25) is 0 Å². The van der Waals surface area contributed by atoms with Crippen LogP contribution in [0.2, 0.25) is 0 Å². The minimum Gasteiger partial charge on any atom is -0.330 e. The van der Waals surface area contributed by atoms with Gasteiger partial charge < -0.3 is 4.57 Å². The van der Waals surface area contributed by atoms with Crippen molar-refractivity contribution in [3.05, 3.63) is 82.0 Å². The molecule has 3 heterocycles. The number of thiazole rings is 1. The highest BCUT2D eigenvalue weighted by Crippen LogP contribution is 2.26. The Kier molecular flexibility index (Phi) is 5.20. The molecule has 4 aromatic rings. The summed E-state index contributed by atoms with van der Waals surface area (Å²) >= 11 is 3.07. The van der Waals surface area contributed by atoms with Crippen molar-refractivity contribution >= 4 is 32.5 Å². The summed E-state index contributed by atoms with van der Waals surface area (Å²) in [5.74, 6) is 0.372. The van der Waals surface area contributed by atoms with Crippen LogP contribution in [0.15, 0.2) is 64.9 Å². The van der Waals surface area contributed by atoms with Crippen LogP contribution in [0.1, 0.15) is 17.1 Å². The molecule has 0 spiro atoms. The van der Waals surface area contributed by atoms with Gasteiger partial charge in [0, 0.05) is 35.3 Å². The molecule has 0 radical (unpaired) electrons. The molecule has 0 saturated heterocycles. The molecule has 0 N–H and O–H groups in total. The molecule has 138 valence electrons. The average Bonchev–Trinajstić information content (AvgIpc) is 3.38. The monoisotopic (exact) mass is 415 g/mol. The van der Waals surface area contributed by atoms with Crippen LogP contribution < -0.4 is 0 Å². The first-order valence-electron chi connectivity index (χ1n) is 8.30. The van der Waals surface area contributed by atoms with E-state index in [0.29, 0.717) is 18.1 Å². The number of hydrogen-bond acceptors (Lipinski definition) is 6. The Labute approximate surface area is 165 Å². The molecule has 0 atom stereocenters. The zero-order chi connectivity index (χ0) is 18.7. The molecule has 0 saturated carbocycles. The fraction of sp³-hybridized carbons (Fsp3) is 0.158. The summed E-state index contributed by atoms with van der Waals surface area (Å²) in [5, 5.41) is 6.67. The van der Waals surface area contributed by atoms with E-state index in [1.165, 1.54) is 11.3 Å². The van der Waals surface area contributed by atoms with Gasteiger partial charge in [0.25, 0.3) is 0 Å². The van der Waals surface area contributed by atoms with Crippen molar-refractivity contribution in [3.63, 3.8) is 0 Å². The van der Waals surface area contributed by atoms with Crippen molar-refractivity contribution in [2.45, 2.75) is 18.1 Å². The molecule has 27 heavy (non-hydrogen) atoms. The van der Waals surface area contributed by atoms with Crippen molar-refractivity contribution in [1.29, 1.82) is 0 Å². The van der Waals surface area contributed by atoms with E-state index in [0.717, 1.165) is 16.1 Å². The number of rotatable bonds is 7. The molecule has 0 bridgehead atoms. The molecule has 4 rings (SSSR count). The largest absolute Gasteiger partial charge is 0.330 e. The van der Waals surface area contributed by atoms with Crippen LogP contribution in [0.3, 0.4) is 0 Å². The van der Waals surface area contributed by atoms with Gasteiger partial charge in [-0.05, 0) is 17.0 Å². The van der Waals surface area contributed by atoms with Gasteiger partial charge in [0.15, 0.2) is 9.84 Å². The first-order chi connectivity index (χ1) is 13.1. The number of imidazole rings is 1. The molecule has 0 amide bonds. The third-order valence-corrected chi connectivity index (χ3v) is 7.09. The number of benzene rings is 1. The summed E-state index contributed by atoms with van der Waals surface area (Å²) in [6, 6.07) is 11.9. The first-order valence-corrected chi connectivity index (χ1v) is 11.9. The van der Waals surface area contributed by atoms with E-state index in [2.05, 4.69) is 9.97 Å². The molecular weight excluding hydrogens is 398 g/mol. The van der Waals surface area contributed by atoms with Gasteiger partial charge >= 0.3 is 0 Å². The summed E-state index contributed by atoms with van der Waals surface area (Å²) in [5.41, 5.74) is 2.73. The van der Waals surface area contributed by atoms with Crippen LogP contribution in [0.25, 0.3) is 10.6 Å². The van der Waals surface area contributed by atoms with Crippen LogP contribution in [0.4, 0.5) is 0 Å². The third-order valence-electron chi connectivity index (χ3n) is 4.03. The smallest absolute Gasteiger partial charge is 0.163 e. The fourth-order valence-corrected chi connectivity index (χ4v) is 5.74. The first kappa shape index (κ1) is 18.1. The van der Waals surface area contributed by atoms with E-state index in [9.17, 15) is 8.42 Å². The van der Waals surface area contributed by atoms with Gasteiger partial charge in [-0.1, -0.05) is 30.3 Å². The Bertz CT molecular complexity index is 1110. The number of nitrogens with zero attached hydrogens (tertiary/aromatic N) is 3. The highest BCUT2D eigenvalue weighted by atomic mass is 32.2. The quantitative estimate of drug-likeness (QED) is 0.453. The van der Waals surface area contributed by atoms with Crippen molar-refractivity contribution in [2.24, 2.45) is 0 Å². The lowest BCUT2D eigenvalue weighted by Crippen LogP contribution is -2.13. The van der Waals surface area contributed by atoms with Crippen molar-refractivity contribution < 1.29 is 8.42 Å². The van der Waals surface area contributed by atoms with E-state index in [-0.39, 0.29) is 11.5 Å². The van der Waals surface area contributed by atoms with Gasteiger partial charge in [0.1, 0.15) is 16.6 Å². The number of thiophene rings is 1. The molecule has 0 aliphatic heterocycles. The molecular formula is C19H17N3O2S3. The van der Waals surface area contributed by atoms with Crippen molar-refractivity contribution in [1.82, 2.24) is 14.5 Å².